The van der Waals surface area contributed by atoms with E-state index in [0.29, 0.717) is 21.4 Å². The lowest BCUT2D eigenvalue weighted by Crippen LogP contribution is -2.18. The molecule has 0 aliphatic carbocycles. The van der Waals surface area contributed by atoms with Gasteiger partial charge in [-0.15, -0.1) is 0 Å². The molecule has 0 aliphatic heterocycles. The van der Waals surface area contributed by atoms with Crippen LogP contribution >= 0.6 is 23.2 Å². The minimum Gasteiger partial charge on any atom is -0.288 e. The summed E-state index contributed by atoms with van der Waals surface area (Å²) in [6.07, 6.45) is -0.0343. The number of halogens is 2. The molecule has 0 fully saturated rings. The zero-order chi connectivity index (χ0) is 14.0. The van der Waals surface area contributed by atoms with Crippen molar-refractivity contribution >= 4 is 23.2 Å². The van der Waals surface area contributed by atoms with Crippen LogP contribution < -0.4 is 5.43 Å². The van der Waals surface area contributed by atoms with Crippen LogP contribution in [0.2, 0.25) is 10.0 Å². The minimum absolute atomic E-state index is 0.0343. The Hall–Kier alpha value is -1.83. The molecule has 1 heterocycles. The van der Waals surface area contributed by atoms with Gasteiger partial charge in [0.15, 0.2) is 0 Å². The quantitative estimate of drug-likeness (QED) is 0.855. The topological polar surface area (TPSA) is 58.7 Å². The summed E-state index contributed by atoms with van der Waals surface area (Å²) in [5, 5.41) is 13.8. The molecule has 0 unspecified atom stereocenters. The van der Waals surface area contributed by atoms with Gasteiger partial charge in [0.25, 0.3) is 0 Å². The Morgan fingerprint density at radius 2 is 1.89 bits per heavy atom. The largest absolute Gasteiger partial charge is 0.288 e. The van der Waals surface area contributed by atoms with Gasteiger partial charge in [-0.05, 0) is 25.1 Å². The van der Waals surface area contributed by atoms with Gasteiger partial charge in [0.1, 0.15) is 5.69 Å². The van der Waals surface area contributed by atoms with Crippen molar-refractivity contribution in [1.29, 1.82) is 5.26 Å². The predicted octanol–water partition coefficient (Wildman–Crippen LogP) is 2.91. The Bertz CT molecular complexity index is 711. The maximum Gasteiger partial charge on any atom is 0.204 e. The van der Waals surface area contributed by atoms with Gasteiger partial charge < -0.3 is 0 Å². The molecule has 96 valence electrons. The summed E-state index contributed by atoms with van der Waals surface area (Å²) < 4.78 is 1.55. The molecule has 0 atom stereocenters. The van der Waals surface area contributed by atoms with Crippen molar-refractivity contribution in [3.8, 4) is 11.8 Å². The highest BCUT2D eigenvalue weighted by Crippen LogP contribution is 2.21. The van der Waals surface area contributed by atoms with Gasteiger partial charge in [0.05, 0.1) is 18.2 Å². The second-order valence-electron chi connectivity index (χ2n) is 3.97. The normalized spacial score (nSPS) is 10.2. The van der Waals surface area contributed by atoms with Crippen molar-refractivity contribution in [3.05, 3.63) is 55.9 Å². The fourth-order valence-corrected chi connectivity index (χ4v) is 2.22. The fraction of sp³-hybridized carbons (Fsp3) is 0.154. The van der Waals surface area contributed by atoms with Gasteiger partial charge in [-0.2, -0.15) is 10.4 Å². The van der Waals surface area contributed by atoms with Crippen LogP contribution in [0.1, 0.15) is 11.4 Å². The first kappa shape index (κ1) is 13.6. The lowest BCUT2D eigenvalue weighted by molar-refractivity contribution is 0.767. The first-order chi connectivity index (χ1) is 9.01. The molecule has 0 saturated heterocycles. The lowest BCUT2D eigenvalue weighted by Gasteiger charge is -2.11. The van der Waals surface area contributed by atoms with Crippen molar-refractivity contribution in [1.82, 2.24) is 9.78 Å². The molecule has 0 saturated carbocycles. The van der Waals surface area contributed by atoms with E-state index in [0.717, 1.165) is 0 Å². The van der Waals surface area contributed by atoms with E-state index in [1.807, 2.05) is 6.07 Å². The highest BCUT2D eigenvalue weighted by molar-refractivity contribution is 6.34. The summed E-state index contributed by atoms with van der Waals surface area (Å²) in [7, 11) is 0. The van der Waals surface area contributed by atoms with Gasteiger partial charge in [-0.25, -0.2) is 4.68 Å². The Morgan fingerprint density at radius 3 is 2.47 bits per heavy atom. The molecule has 0 aliphatic rings. The average Bonchev–Trinajstić information content (AvgIpc) is 2.31. The Balaban J connectivity index is 2.65. The fourth-order valence-electron chi connectivity index (χ4n) is 1.70. The van der Waals surface area contributed by atoms with E-state index < -0.39 is 0 Å². The molecular formula is C13H9Cl2N3O. The summed E-state index contributed by atoms with van der Waals surface area (Å²) >= 11 is 11.9. The highest BCUT2D eigenvalue weighted by Gasteiger charge is 2.08. The van der Waals surface area contributed by atoms with E-state index in [9.17, 15) is 4.79 Å². The van der Waals surface area contributed by atoms with Crippen molar-refractivity contribution < 1.29 is 0 Å². The molecule has 1 aromatic heterocycles. The van der Waals surface area contributed by atoms with Gasteiger partial charge in [-0.1, -0.05) is 23.2 Å². The van der Waals surface area contributed by atoms with Crippen LogP contribution in [0, 0.1) is 18.3 Å². The third kappa shape index (κ3) is 2.95. The molecule has 6 heteroatoms. The maximum absolute atomic E-state index is 11.7. The summed E-state index contributed by atoms with van der Waals surface area (Å²) in [6.45, 7) is 1.75. The molecule has 0 bridgehead atoms. The first-order valence-corrected chi connectivity index (χ1v) is 6.20. The third-order valence-corrected chi connectivity index (χ3v) is 2.95. The average molecular weight is 294 g/mol. The van der Waals surface area contributed by atoms with E-state index in [4.69, 9.17) is 28.5 Å². The van der Waals surface area contributed by atoms with Crippen LogP contribution in [0.25, 0.3) is 5.69 Å². The maximum atomic E-state index is 11.7. The van der Waals surface area contributed by atoms with E-state index in [1.165, 1.54) is 6.07 Å². The number of aryl methyl sites for hydroxylation is 1. The number of nitriles is 1. The molecule has 0 radical (unpaired) electrons. The molecule has 1 aromatic carbocycles. The van der Waals surface area contributed by atoms with Crippen molar-refractivity contribution in [2.75, 3.05) is 0 Å². The number of aromatic nitrogens is 2. The Labute approximate surface area is 119 Å². The molecule has 0 amide bonds. The van der Waals surface area contributed by atoms with Crippen LogP contribution in [0.15, 0.2) is 29.1 Å². The Morgan fingerprint density at radius 1 is 1.26 bits per heavy atom. The summed E-state index contributed by atoms with van der Waals surface area (Å²) in [6, 6.07) is 8.35. The van der Waals surface area contributed by atoms with Gasteiger partial charge in [0, 0.05) is 21.8 Å². The smallest absolute Gasteiger partial charge is 0.204 e. The van der Waals surface area contributed by atoms with Gasteiger partial charge in [0.2, 0.25) is 5.43 Å². The monoisotopic (exact) mass is 293 g/mol. The molecule has 4 nitrogen and oxygen atoms in total. The minimum atomic E-state index is -0.247. The number of benzene rings is 1. The van der Waals surface area contributed by atoms with E-state index >= 15 is 0 Å². The van der Waals surface area contributed by atoms with Crippen molar-refractivity contribution in [2.24, 2.45) is 0 Å². The lowest BCUT2D eigenvalue weighted by atomic mass is 10.2. The third-order valence-electron chi connectivity index (χ3n) is 2.52. The zero-order valence-electron chi connectivity index (χ0n) is 10.0. The summed E-state index contributed by atoms with van der Waals surface area (Å²) in [4.78, 5) is 11.7. The van der Waals surface area contributed by atoms with Crippen LogP contribution in [0.3, 0.4) is 0 Å². The van der Waals surface area contributed by atoms with Crippen LogP contribution in [-0.2, 0) is 6.42 Å². The molecule has 2 aromatic rings. The van der Waals surface area contributed by atoms with Crippen LogP contribution in [-0.4, -0.2) is 9.78 Å². The number of hydrogen-bond donors (Lipinski definition) is 0. The van der Waals surface area contributed by atoms with Gasteiger partial charge in [-0.3, -0.25) is 4.79 Å². The van der Waals surface area contributed by atoms with Gasteiger partial charge >= 0.3 is 0 Å². The predicted molar refractivity (Wildman–Crippen MR) is 73.9 cm³/mol. The summed E-state index contributed by atoms with van der Waals surface area (Å²) in [5.41, 5.74) is 1.24. The summed E-state index contributed by atoms with van der Waals surface area (Å²) in [5.74, 6) is 0. The molecule has 0 spiro atoms. The molecule has 19 heavy (non-hydrogen) atoms. The number of rotatable bonds is 2. The second kappa shape index (κ2) is 5.43. The zero-order valence-corrected chi connectivity index (χ0v) is 11.5. The van der Waals surface area contributed by atoms with Crippen LogP contribution in [0.5, 0.6) is 0 Å². The number of nitrogens with zero attached hydrogens (tertiary/aromatic N) is 3. The first-order valence-electron chi connectivity index (χ1n) is 5.44. The second-order valence-corrected chi connectivity index (χ2v) is 4.84. The molecular weight excluding hydrogens is 285 g/mol. The van der Waals surface area contributed by atoms with E-state index in [-0.39, 0.29) is 17.5 Å². The van der Waals surface area contributed by atoms with E-state index in [1.54, 1.807) is 29.8 Å². The Kier molecular flexibility index (Phi) is 3.89. The highest BCUT2D eigenvalue weighted by atomic mass is 35.5. The SMILES string of the molecule is Cc1cc(=O)c(CC#N)nn1-c1cc(Cl)cc(Cl)c1. The van der Waals surface area contributed by atoms with Crippen LogP contribution in [0.4, 0.5) is 0 Å². The number of hydrogen-bond acceptors (Lipinski definition) is 3. The van der Waals surface area contributed by atoms with Crippen molar-refractivity contribution in [2.45, 2.75) is 13.3 Å². The molecule has 2 rings (SSSR count). The van der Waals surface area contributed by atoms with Crippen molar-refractivity contribution in [3.63, 3.8) is 0 Å². The molecule has 0 N–H and O–H groups in total. The standard InChI is InChI=1S/C13H9Cl2N3O/c1-8-4-13(19)12(2-3-16)17-18(8)11-6-9(14)5-10(15)7-11/h4-7H,2H2,1H3. The van der Waals surface area contributed by atoms with E-state index in [2.05, 4.69) is 5.10 Å².